The van der Waals surface area contributed by atoms with Crippen molar-refractivity contribution in [2.75, 3.05) is 24.6 Å². The maximum absolute atomic E-state index is 11.9. The van der Waals surface area contributed by atoms with Gasteiger partial charge in [-0.15, -0.1) is 0 Å². The summed E-state index contributed by atoms with van der Waals surface area (Å²) in [7, 11) is -3.20. The van der Waals surface area contributed by atoms with Gasteiger partial charge < -0.3 is 5.73 Å². The first-order chi connectivity index (χ1) is 11.0. The van der Waals surface area contributed by atoms with Gasteiger partial charge in [0.05, 0.1) is 11.5 Å². The summed E-state index contributed by atoms with van der Waals surface area (Å²) in [6, 6.07) is 10.8. The van der Waals surface area contributed by atoms with Crippen LogP contribution in [0.25, 0.3) is 0 Å². The second kappa shape index (κ2) is 8.45. The van der Waals surface area contributed by atoms with Crippen molar-refractivity contribution in [1.82, 2.24) is 4.90 Å². The first-order valence-corrected chi connectivity index (χ1v) is 10.0. The Kier molecular flexibility index (Phi) is 6.59. The molecule has 6 heteroatoms. The molecule has 1 aliphatic rings. The number of hydrogen-bond donors (Lipinski definition) is 1. The summed E-state index contributed by atoms with van der Waals surface area (Å²) in [5.74, 6) is -0.581. The van der Waals surface area contributed by atoms with Gasteiger partial charge in [0.15, 0.2) is 9.84 Å². The first kappa shape index (κ1) is 17.9. The number of primary amides is 1. The van der Waals surface area contributed by atoms with E-state index in [-0.39, 0.29) is 17.9 Å². The Morgan fingerprint density at radius 2 is 1.96 bits per heavy atom. The third-order valence-electron chi connectivity index (χ3n) is 4.46. The van der Waals surface area contributed by atoms with E-state index in [1.54, 1.807) is 0 Å². The summed E-state index contributed by atoms with van der Waals surface area (Å²) in [6.45, 7) is 1.52. The highest BCUT2D eigenvalue weighted by Gasteiger charge is 2.25. The highest BCUT2D eigenvalue weighted by molar-refractivity contribution is 7.91. The minimum atomic E-state index is -3.20. The first-order valence-electron chi connectivity index (χ1n) is 8.23. The van der Waals surface area contributed by atoms with Crippen LogP contribution in [0.5, 0.6) is 0 Å². The lowest BCUT2D eigenvalue weighted by atomic mass is 10.0. The molecule has 1 aliphatic heterocycles. The molecule has 1 aromatic carbocycles. The minimum Gasteiger partial charge on any atom is -0.370 e. The molecule has 5 nitrogen and oxygen atoms in total. The van der Waals surface area contributed by atoms with Gasteiger partial charge in [-0.3, -0.25) is 9.69 Å². The van der Waals surface area contributed by atoms with Crippen LogP contribution in [0.4, 0.5) is 0 Å². The van der Waals surface area contributed by atoms with Crippen molar-refractivity contribution in [3.05, 3.63) is 35.9 Å². The van der Waals surface area contributed by atoms with E-state index in [9.17, 15) is 13.2 Å². The van der Waals surface area contributed by atoms with Gasteiger partial charge in [0, 0.05) is 19.0 Å². The van der Waals surface area contributed by atoms with Crippen LogP contribution in [0.2, 0.25) is 0 Å². The lowest BCUT2D eigenvalue weighted by Gasteiger charge is -2.24. The van der Waals surface area contributed by atoms with E-state index in [1.165, 1.54) is 5.56 Å². The molecular weight excluding hydrogens is 312 g/mol. The lowest BCUT2D eigenvalue weighted by molar-refractivity contribution is -0.117. The summed E-state index contributed by atoms with van der Waals surface area (Å²) in [4.78, 5) is 13.0. The molecule has 128 valence electrons. The van der Waals surface area contributed by atoms with Crippen LogP contribution in [0, 0.1) is 0 Å². The van der Waals surface area contributed by atoms with E-state index >= 15 is 0 Å². The Bertz CT molecular complexity index is 602. The summed E-state index contributed by atoms with van der Waals surface area (Å²) < 4.78 is 23.9. The van der Waals surface area contributed by atoms with Crippen LogP contribution in [-0.2, 0) is 21.1 Å². The van der Waals surface area contributed by atoms with Crippen molar-refractivity contribution in [2.24, 2.45) is 5.73 Å². The number of benzene rings is 1. The zero-order valence-electron chi connectivity index (χ0n) is 13.5. The minimum absolute atomic E-state index is 0.0836. The van der Waals surface area contributed by atoms with Gasteiger partial charge in [-0.1, -0.05) is 30.3 Å². The highest BCUT2D eigenvalue weighted by atomic mass is 32.2. The van der Waals surface area contributed by atoms with Crippen LogP contribution >= 0.6 is 0 Å². The number of rotatable bonds is 9. The van der Waals surface area contributed by atoms with Gasteiger partial charge >= 0.3 is 0 Å². The molecule has 1 amide bonds. The van der Waals surface area contributed by atoms with E-state index in [0.717, 1.165) is 32.2 Å². The number of amides is 1. The van der Waals surface area contributed by atoms with E-state index in [0.29, 0.717) is 12.6 Å². The van der Waals surface area contributed by atoms with Crippen LogP contribution < -0.4 is 5.73 Å². The standard InChI is InChI=1S/C17H26N2O3S/c18-17(20)10-13-23(21,22)14-12-19-11-4-7-16(19)9-8-15-5-2-1-3-6-15/h1-3,5-6,16H,4,7-14H2,(H2,18,20)/t16-/m0/s1. The van der Waals surface area contributed by atoms with Crippen LogP contribution in [-0.4, -0.2) is 49.9 Å². The molecule has 1 aromatic rings. The second-order valence-electron chi connectivity index (χ2n) is 6.22. The van der Waals surface area contributed by atoms with Gasteiger partial charge in [-0.25, -0.2) is 8.42 Å². The monoisotopic (exact) mass is 338 g/mol. The number of carbonyl (C=O) groups excluding carboxylic acids is 1. The van der Waals surface area contributed by atoms with Crippen molar-refractivity contribution >= 4 is 15.7 Å². The summed E-state index contributed by atoms with van der Waals surface area (Å²) in [5.41, 5.74) is 6.35. The number of carbonyl (C=O) groups is 1. The fourth-order valence-corrected chi connectivity index (χ4v) is 4.34. The van der Waals surface area contributed by atoms with Gasteiger partial charge in [-0.05, 0) is 37.8 Å². The van der Waals surface area contributed by atoms with E-state index in [1.807, 2.05) is 18.2 Å². The number of nitrogens with two attached hydrogens (primary N) is 1. The molecule has 1 heterocycles. The number of hydrogen-bond acceptors (Lipinski definition) is 4. The van der Waals surface area contributed by atoms with Crippen LogP contribution in [0.1, 0.15) is 31.2 Å². The summed E-state index contributed by atoms with van der Waals surface area (Å²) in [5, 5.41) is 0. The quantitative estimate of drug-likeness (QED) is 0.737. The molecule has 0 aromatic heterocycles. The van der Waals surface area contributed by atoms with Crippen molar-refractivity contribution in [2.45, 2.75) is 38.1 Å². The predicted molar refractivity (Wildman–Crippen MR) is 91.8 cm³/mol. The van der Waals surface area contributed by atoms with Crippen LogP contribution in [0.15, 0.2) is 30.3 Å². The molecule has 0 saturated carbocycles. The molecule has 0 bridgehead atoms. The fraction of sp³-hybridized carbons (Fsp3) is 0.588. The number of likely N-dealkylation sites (tertiary alicyclic amines) is 1. The highest BCUT2D eigenvalue weighted by Crippen LogP contribution is 2.21. The van der Waals surface area contributed by atoms with Gasteiger partial charge in [0.25, 0.3) is 0 Å². The molecule has 2 rings (SSSR count). The second-order valence-corrected chi connectivity index (χ2v) is 8.53. The molecule has 0 radical (unpaired) electrons. The molecule has 0 aliphatic carbocycles. The maximum Gasteiger partial charge on any atom is 0.218 e. The molecule has 2 N–H and O–H groups in total. The fourth-order valence-electron chi connectivity index (χ4n) is 3.11. The molecule has 0 unspecified atom stereocenters. The molecule has 1 fully saturated rings. The third kappa shape index (κ3) is 6.31. The Labute approximate surface area is 138 Å². The molecule has 0 spiro atoms. The Hall–Kier alpha value is -1.40. The lowest BCUT2D eigenvalue weighted by Crippen LogP contribution is -2.35. The van der Waals surface area contributed by atoms with E-state index in [4.69, 9.17) is 5.73 Å². The Morgan fingerprint density at radius 1 is 1.22 bits per heavy atom. The van der Waals surface area contributed by atoms with Crippen molar-refractivity contribution in [1.29, 1.82) is 0 Å². The van der Waals surface area contributed by atoms with E-state index in [2.05, 4.69) is 17.0 Å². The average molecular weight is 338 g/mol. The molecule has 1 atom stereocenters. The Balaban J connectivity index is 1.79. The normalized spacial score (nSPS) is 19.0. The number of nitrogens with zero attached hydrogens (tertiary/aromatic N) is 1. The van der Waals surface area contributed by atoms with Crippen LogP contribution in [0.3, 0.4) is 0 Å². The zero-order valence-corrected chi connectivity index (χ0v) is 14.3. The smallest absolute Gasteiger partial charge is 0.218 e. The SMILES string of the molecule is NC(=O)CCS(=O)(=O)CCN1CCC[C@H]1CCc1ccccc1. The van der Waals surface area contributed by atoms with Crippen molar-refractivity contribution in [3.63, 3.8) is 0 Å². The molecule has 1 saturated heterocycles. The van der Waals surface area contributed by atoms with Gasteiger partial charge in [-0.2, -0.15) is 0 Å². The van der Waals surface area contributed by atoms with Crippen molar-refractivity contribution in [3.8, 4) is 0 Å². The molecular formula is C17H26N2O3S. The average Bonchev–Trinajstić information content (AvgIpc) is 2.98. The predicted octanol–water partition coefficient (Wildman–Crippen LogP) is 1.37. The third-order valence-corrected chi connectivity index (χ3v) is 6.09. The van der Waals surface area contributed by atoms with Gasteiger partial charge in [0.1, 0.15) is 0 Å². The van der Waals surface area contributed by atoms with E-state index < -0.39 is 15.7 Å². The maximum atomic E-state index is 11.9. The largest absolute Gasteiger partial charge is 0.370 e. The topological polar surface area (TPSA) is 80.5 Å². The van der Waals surface area contributed by atoms with Crippen molar-refractivity contribution < 1.29 is 13.2 Å². The number of aryl methyl sites for hydroxylation is 1. The Morgan fingerprint density at radius 3 is 2.65 bits per heavy atom. The van der Waals surface area contributed by atoms with Gasteiger partial charge in [0.2, 0.25) is 5.91 Å². The zero-order chi connectivity index (χ0) is 16.7. The number of sulfone groups is 1. The summed E-state index contributed by atoms with van der Waals surface area (Å²) >= 11 is 0. The molecule has 23 heavy (non-hydrogen) atoms. The summed E-state index contributed by atoms with van der Waals surface area (Å²) in [6.07, 6.45) is 4.26.